The molecule has 1 aromatic heterocycles. The molecule has 1 aliphatic rings. The van der Waals surface area contributed by atoms with Gasteiger partial charge < -0.3 is 14.7 Å². The molecular weight excluding hydrogens is 220 g/mol. The van der Waals surface area contributed by atoms with Gasteiger partial charge in [-0.15, -0.1) is 0 Å². The van der Waals surface area contributed by atoms with E-state index in [4.69, 9.17) is 9.84 Å². The van der Waals surface area contributed by atoms with E-state index < -0.39 is 5.97 Å². The number of rotatable bonds is 2. The number of aromatic carboxylic acids is 1. The van der Waals surface area contributed by atoms with E-state index in [0.29, 0.717) is 18.3 Å². The van der Waals surface area contributed by atoms with Gasteiger partial charge >= 0.3 is 5.97 Å². The van der Waals surface area contributed by atoms with Gasteiger partial charge in [-0.25, -0.2) is 9.78 Å². The molecule has 17 heavy (non-hydrogen) atoms. The van der Waals surface area contributed by atoms with Crippen LogP contribution >= 0.6 is 0 Å². The second kappa shape index (κ2) is 5.14. The van der Waals surface area contributed by atoms with Gasteiger partial charge in [0.15, 0.2) is 5.69 Å². The van der Waals surface area contributed by atoms with Crippen LogP contribution in [0, 0.1) is 5.92 Å². The van der Waals surface area contributed by atoms with Crippen LogP contribution in [0.3, 0.4) is 0 Å². The van der Waals surface area contributed by atoms with Crippen LogP contribution in [0.25, 0.3) is 0 Å². The number of aromatic nitrogens is 1. The van der Waals surface area contributed by atoms with Crippen molar-refractivity contribution in [2.75, 3.05) is 31.2 Å². The average molecular weight is 236 g/mol. The van der Waals surface area contributed by atoms with Crippen LogP contribution in [0.1, 0.15) is 17.4 Å². The van der Waals surface area contributed by atoms with Crippen molar-refractivity contribution in [2.24, 2.45) is 5.92 Å². The van der Waals surface area contributed by atoms with Gasteiger partial charge in [0.2, 0.25) is 0 Å². The first-order valence-electron chi connectivity index (χ1n) is 5.70. The van der Waals surface area contributed by atoms with Crippen LogP contribution in [0.2, 0.25) is 0 Å². The maximum atomic E-state index is 10.9. The number of anilines is 1. The maximum Gasteiger partial charge on any atom is 0.354 e. The van der Waals surface area contributed by atoms with E-state index in [1.165, 1.54) is 6.07 Å². The van der Waals surface area contributed by atoms with Crippen molar-refractivity contribution >= 4 is 11.8 Å². The summed E-state index contributed by atoms with van der Waals surface area (Å²) in [5.41, 5.74) is 0.0836. The summed E-state index contributed by atoms with van der Waals surface area (Å²) >= 11 is 0. The lowest BCUT2D eigenvalue weighted by molar-refractivity contribution is 0.0690. The Kier molecular flexibility index (Phi) is 3.58. The fraction of sp³-hybridized carbons (Fsp3) is 0.500. The lowest BCUT2D eigenvalue weighted by atomic mass is 10.2. The minimum absolute atomic E-state index is 0.0836. The third kappa shape index (κ3) is 2.94. The highest BCUT2D eigenvalue weighted by Gasteiger charge is 2.17. The second-order valence-electron chi connectivity index (χ2n) is 4.31. The first-order valence-corrected chi connectivity index (χ1v) is 5.70. The number of pyridine rings is 1. The minimum atomic E-state index is -0.994. The summed E-state index contributed by atoms with van der Waals surface area (Å²) in [5, 5.41) is 8.91. The van der Waals surface area contributed by atoms with Crippen molar-refractivity contribution < 1.29 is 14.6 Å². The van der Waals surface area contributed by atoms with Crippen molar-refractivity contribution in [1.29, 1.82) is 0 Å². The zero-order valence-electron chi connectivity index (χ0n) is 9.80. The molecule has 1 unspecified atom stereocenters. The molecular formula is C12H16N2O3. The van der Waals surface area contributed by atoms with E-state index >= 15 is 0 Å². The predicted molar refractivity (Wildman–Crippen MR) is 63.4 cm³/mol. The number of ether oxygens (including phenoxy) is 1. The van der Waals surface area contributed by atoms with E-state index in [9.17, 15) is 4.79 Å². The Morgan fingerprint density at radius 2 is 2.41 bits per heavy atom. The Morgan fingerprint density at radius 3 is 3.18 bits per heavy atom. The van der Waals surface area contributed by atoms with Crippen molar-refractivity contribution in [1.82, 2.24) is 4.98 Å². The smallest absolute Gasteiger partial charge is 0.354 e. The molecule has 5 heteroatoms. The highest BCUT2D eigenvalue weighted by Crippen LogP contribution is 2.15. The van der Waals surface area contributed by atoms with E-state index in [2.05, 4.69) is 16.8 Å². The SMILES string of the molecule is CC1COCCN(c2cccc(C(=O)O)n2)C1. The topological polar surface area (TPSA) is 62.7 Å². The van der Waals surface area contributed by atoms with Gasteiger partial charge in [0, 0.05) is 13.1 Å². The molecule has 1 N–H and O–H groups in total. The molecule has 1 aliphatic heterocycles. The van der Waals surface area contributed by atoms with E-state index in [1.807, 2.05) is 6.07 Å². The molecule has 2 heterocycles. The number of hydrogen-bond acceptors (Lipinski definition) is 4. The predicted octanol–water partition coefficient (Wildman–Crippen LogP) is 1.25. The van der Waals surface area contributed by atoms with E-state index in [1.54, 1.807) is 6.07 Å². The van der Waals surface area contributed by atoms with Gasteiger partial charge in [-0.2, -0.15) is 0 Å². The van der Waals surface area contributed by atoms with Gasteiger partial charge in [0.05, 0.1) is 13.2 Å². The largest absolute Gasteiger partial charge is 0.477 e. The normalized spacial score (nSPS) is 21.0. The summed E-state index contributed by atoms with van der Waals surface area (Å²) in [6.45, 7) is 5.11. The third-order valence-corrected chi connectivity index (χ3v) is 2.72. The molecule has 0 aromatic carbocycles. The van der Waals surface area contributed by atoms with Crippen LogP contribution in [-0.4, -0.2) is 42.4 Å². The van der Waals surface area contributed by atoms with E-state index in [0.717, 1.165) is 19.7 Å². The summed E-state index contributed by atoms with van der Waals surface area (Å²) < 4.78 is 5.45. The van der Waals surface area contributed by atoms with Gasteiger partial charge in [0.1, 0.15) is 5.82 Å². The molecule has 1 fully saturated rings. The Balaban J connectivity index is 2.20. The molecule has 0 radical (unpaired) electrons. The zero-order valence-corrected chi connectivity index (χ0v) is 9.80. The summed E-state index contributed by atoms with van der Waals surface area (Å²) in [6.07, 6.45) is 0. The highest BCUT2D eigenvalue weighted by molar-refractivity contribution is 5.85. The van der Waals surface area contributed by atoms with Gasteiger partial charge in [-0.05, 0) is 18.1 Å². The fourth-order valence-corrected chi connectivity index (χ4v) is 1.91. The first kappa shape index (κ1) is 11.9. The monoisotopic (exact) mass is 236 g/mol. The van der Waals surface area contributed by atoms with Crippen LogP contribution < -0.4 is 4.90 Å². The Labute approximate surface area is 100 Å². The van der Waals surface area contributed by atoms with E-state index in [-0.39, 0.29) is 5.69 Å². The molecule has 0 saturated carbocycles. The summed E-state index contributed by atoms with van der Waals surface area (Å²) in [6, 6.07) is 5.07. The molecule has 5 nitrogen and oxygen atoms in total. The van der Waals surface area contributed by atoms with Crippen molar-refractivity contribution in [3.63, 3.8) is 0 Å². The lowest BCUT2D eigenvalue weighted by Gasteiger charge is -2.22. The number of hydrogen-bond donors (Lipinski definition) is 1. The van der Waals surface area contributed by atoms with Crippen LogP contribution in [-0.2, 0) is 4.74 Å². The number of carbonyl (C=O) groups is 1. The average Bonchev–Trinajstić information content (AvgIpc) is 2.54. The molecule has 2 rings (SSSR count). The van der Waals surface area contributed by atoms with Gasteiger partial charge in [-0.1, -0.05) is 13.0 Å². The fourth-order valence-electron chi connectivity index (χ4n) is 1.91. The summed E-state index contributed by atoms with van der Waals surface area (Å²) in [7, 11) is 0. The first-order chi connectivity index (χ1) is 8.16. The molecule has 1 aromatic rings. The Bertz CT molecular complexity index is 408. The molecule has 0 bridgehead atoms. The van der Waals surface area contributed by atoms with Gasteiger partial charge in [-0.3, -0.25) is 0 Å². The van der Waals surface area contributed by atoms with Crippen molar-refractivity contribution in [3.05, 3.63) is 23.9 Å². The van der Waals surface area contributed by atoms with Crippen LogP contribution in [0.4, 0.5) is 5.82 Å². The van der Waals surface area contributed by atoms with Crippen LogP contribution in [0.5, 0.6) is 0 Å². The maximum absolute atomic E-state index is 10.9. The summed E-state index contributed by atoms with van der Waals surface area (Å²) in [5.74, 6) is 0.140. The molecule has 0 aliphatic carbocycles. The number of carboxylic acid groups (broad SMARTS) is 1. The third-order valence-electron chi connectivity index (χ3n) is 2.72. The standard InChI is InChI=1S/C12H16N2O3/c1-9-7-14(5-6-17-8-9)11-4-2-3-10(13-11)12(15)16/h2-4,9H,5-8H2,1H3,(H,15,16). The van der Waals surface area contributed by atoms with Crippen LogP contribution in [0.15, 0.2) is 18.2 Å². The minimum Gasteiger partial charge on any atom is -0.477 e. The quantitative estimate of drug-likeness (QED) is 0.837. The highest BCUT2D eigenvalue weighted by atomic mass is 16.5. The second-order valence-corrected chi connectivity index (χ2v) is 4.31. The van der Waals surface area contributed by atoms with Crippen molar-refractivity contribution in [3.8, 4) is 0 Å². The molecule has 1 atom stereocenters. The molecule has 92 valence electrons. The molecule has 0 amide bonds. The number of carboxylic acids is 1. The Hall–Kier alpha value is -1.62. The molecule has 1 saturated heterocycles. The number of nitrogens with zero attached hydrogens (tertiary/aromatic N) is 2. The summed E-state index contributed by atoms with van der Waals surface area (Å²) in [4.78, 5) is 17.1. The molecule has 0 spiro atoms. The van der Waals surface area contributed by atoms with Crippen molar-refractivity contribution in [2.45, 2.75) is 6.92 Å². The lowest BCUT2D eigenvalue weighted by Crippen LogP contribution is -2.30. The Morgan fingerprint density at radius 1 is 1.59 bits per heavy atom. The zero-order chi connectivity index (χ0) is 12.3. The van der Waals surface area contributed by atoms with Gasteiger partial charge in [0.25, 0.3) is 0 Å².